The van der Waals surface area contributed by atoms with Gasteiger partial charge in [0, 0.05) is 11.6 Å². The summed E-state index contributed by atoms with van der Waals surface area (Å²) in [5.41, 5.74) is 4.29. The Bertz CT molecular complexity index is 604. The molecule has 2 rings (SSSR count). The predicted molar refractivity (Wildman–Crippen MR) is 87.6 cm³/mol. The summed E-state index contributed by atoms with van der Waals surface area (Å²) in [5.74, 6) is 0.0214. The maximum atomic E-state index is 12.3. The molecule has 1 N–H and O–H groups in total. The number of amides is 1. The van der Waals surface area contributed by atoms with Crippen LogP contribution in [0.5, 0.6) is 0 Å². The molecule has 2 nitrogen and oxygen atoms in total. The summed E-state index contributed by atoms with van der Waals surface area (Å²) in [7, 11) is 0. The fourth-order valence-corrected chi connectivity index (χ4v) is 2.47. The van der Waals surface area contributed by atoms with Gasteiger partial charge >= 0.3 is 0 Å². The zero-order valence-corrected chi connectivity index (χ0v) is 13.0. The third-order valence-electron chi connectivity index (χ3n) is 3.71. The van der Waals surface area contributed by atoms with Gasteiger partial charge in [0.25, 0.3) is 5.91 Å². The van der Waals surface area contributed by atoms with Gasteiger partial charge in [0.05, 0.1) is 0 Å². The van der Waals surface area contributed by atoms with E-state index in [0.29, 0.717) is 0 Å². The Labute approximate surface area is 127 Å². The van der Waals surface area contributed by atoms with Crippen LogP contribution in [0.3, 0.4) is 0 Å². The molecule has 0 aromatic heterocycles. The molecule has 0 spiro atoms. The Hall–Kier alpha value is -2.09. The molecule has 2 aromatic rings. The van der Waals surface area contributed by atoms with Gasteiger partial charge in [-0.1, -0.05) is 48.0 Å². The fraction of sp³-hybridized carbons (Fsp3) is 0.316. The van der Waals surface area contributed by atoms with E-state index >= 15 is 0 Å². The number of carbonyl (C=O) groups excluding carboxylic acids is 1. The van der Waals surface area contributed by atoms with Gasteiger partial charge in [0.15, 0.2) is 0 Å². The monoisotopic (exact) mass is 281 g/mol. The molecule has 0 saturated heterocycles. The zero-order chi connectivity index (χ0) is 15.2. The largest absolute Gasteiger partial charge is 0.350 e. The quantitative estimate of drug-likeness (QED) is 0.880. The highest BCUT2D eigenvalue weighted by molar-refractivity contribution is 5.95. The van der Waals surface area contributed by atoms with Gasteiger partial charge in [-0.3, -0.25) is 4.79 Å². The van der Waals surface area contributed by atoms with Crippen LogP contribution >= 0.6 is 0 Å². The van der Waals surface area contributed by atoms with Crippen LogP contribution in [-0.2, 0) is 6.42 Å². The third-order valence-corrected chi connectivity index (χ3v) is 3.71. The number of benzene rings is 2. The van der Waals surface area contributed by atoms with Gasteiger partial charge in [0.1, 0.15) is 0 Å². The van der Waals surface area contributed by atoms with Crippen molar-refractivity contribution in [2.45, 2.75) is 39.7 Å². The second-order valence-corrected chi connectivity index (χ2v) is 5.72. The molecule has 0 fully saturated rings. The van der Waals surface area contributed by atoms with Crippen molar-refractivity contribution in [2.75, 3.05) is 0 Å². The third kappa shape index (κ3) is 4.45. The summed E-state index contributed by atoms with van der Waals surface area (Å²) in [6.45, 7) is 6.08. The molecule has 0 saturated carbocycles. The molecule has 0 heterocycles. The Morgan fingerprint density at radius 2 is 1.81 bits per heavy atom. The molecule has 0 aliphatic rings. The van der Waals surface area contributed by atoms with Crippen LogP contribution in [0.2, 0.25) is 0 Å². The number of hydrogen-bond donors (Lipinski definition) is 1. The summed E-state index contributed by atoms with van der Waals surface area (Å²) >= 11 is 0. The molecular formula is C19H23NO. The molecule has 21 heavy (non-hydrogen) atoms. The van der Waals surface area contributed by atoms with Crippen molar-refractivity contribution in [1.82, 2.24) is 5.32 Å². The van der Waals surface area contributed by atoms with E-state index in [9.17, 15) is 4.79 Å². The van der Waals surface area contributed by atoms with Gasteiger partial charge in [-0.15, -0.1) is 0 Å². The van der Waals surface area contributed by atoms with Crippen molar-refractivity contribution in [3.05, 3.63) is 70.8 Å². The van der Waals surface area contributed by atoms with Crippen LogP contribution in [0.25, 0.3) is 0 Å². The molecule has 2 aromatic carbocycles. The van der Waals surface area contributed by atoms with Crippen LogP contribution in [0, 0.1) is 13.8 Å². The maximum Gasteiger partial charge on any atom is 0.251 e. The second-order valence-electron chi connectivity index (χ2n) is 5.72. The summed E-state index contributed by atoms with van der Waals surface area (Å²) in [6, 6.07) is 16.5. The first-order valence-corrected chi connectivity index (χ1v) is 7.48. The van der Waals surface area contributed by atoms with E-state index in [0.717, 1.165) is 24.0 Å². The van der Waals surface area contributed by atoms with Gasteiger partial charge in [-0.2, -0.15) is 0 Å². The molecule has 0 aliphatic heterocycles. The average molecular weight is 281 g/mol. The fourth-order valence-electron chi connectivity index (χ4n) is 2.47. The first-order chi connectivity index (χ1) is 10.1. The summed E-state index contributed by atoms with van der Waals surface area (Å²) in [4.78, 5) is 12.3. The highest BCUT2D eigenvalue weighted by Gasteiger charge is 2.12. The Balaban J connectivity index is 1.90. The summed E-state index contributed by atoms with van der Waals surface area (Å²) < 4.78 is 0. The Morgan fingerprint density at radius 3 is 2.48 bits per heavy atom. The van der Waals surface area contributed by atoms with Gasteiger partial charge in [0.2, 0.25) is 0 Å². The number of hydrogen-bond acceptors (Lipinski definition) is 1. The van der Waals surface area contributed by atoms with E-state index < -0.39 is 0 Å². The normalized spacial score (nSPS) is 12.0. The minimum atomic E-state index is 0.0214. The van der Waals surface area contributed by atoms with Crippen LogP contribution in [0.4, 0.5) is 0 Å². The van der Waals surface area contributed by atoms with E-state index in [-0.39, 0.29) is 11.9 Å². The lowest BCUT2D eigenvalue weighted by atomic mass is 10.0. The SMILES string of the molecule is Cc1ccc(C(=O)N[C@H](C)CCc2ccccc2)c(C)c1. The number of aryl methyl sites for hydroxylation is 3. The zero-order valence-electron chi connectivity index (χ0n) is 13.0. The lowest BCUT2D eigenvalue weighted by molar-refractivity contribution is 0.0938. The van der Waals surface area contributed by atoms with Gasteiger partial charge < -0.3 is 5.32 Å². The minimum absolute atomic E-state index is 0.0214. The molecule has 0 radical (unpaired) electrons. The minimum Gasteiger partial charge on any atom is -0.350 e. The molecule has 2 heteroatoms. The molecule has 0 bridgehead atoms. The smallest absolute Gasteiger partial charge is 0.251 e. The average Bonchev–Trinajstić information content (AvgIpc) is 2.46. The summed E-state index contributed by atoms with van der Waals surface area (Å²) in [5, 5.41) is 3.09. The van der Waals surface area contributed by atoms with E-state index in [1.165, 1.54) is 11.1 Å². The predicted octanol–water partition coefficient (Wildman–Crippen LogP) is 4.05. The second kappa shape index (κ2) is 7.07. The van der Waals surface area contributed by atoms with Crippen molar-refractivity contribution >= 4 is 5.91 Å². The first kappa shape index (κ1) is 15.3. The number of nitrogens with one attached hydrogen (secondary N) is 1. The van der Waals surface area contributed by atoms with E-state index in [1.807, 2.05) is 50.2 Å². The topological polar surface area (TPSA) is 29.1 Å². The molecule has 1 atom stereocenters. The van der Waals surface area contributed by atoms with Crippen molar-refractivity contribution in [2.24, 2.45) is 0 Å². The number of carbonyl (C=O) groups is 1. The van der Waals surface area contributed by atoms with Crippen molar-refractivity contribution in [3.63, 3.8) is 0 Å². The van der Waals surface area contributed by atoms with E-state index in [4.69, 9.17) is 0 Å². The Kier molecular flexibility index (Phi) is 5.15. The first-order valence-electron chi connectivity index (χ1n) is 7.48. The molecule has 110 valence electrons. The lowest BCUT2D eigenvalue weighted by Gasteiger charge is -2.15. The molecule has 0 unspecified atom stereocenters. The van der Waals surface area contributed by atoms with Crippen LogP contribution in [-0.4, -0.2) is 11.9 Å². The van der Waals surface area contributed by atoms with Crippen molar-refractivity contribution in [3.8, 4) is 0 Å². The standard InChI is InChI=1S/C19H23NO/c1-14-9-12-18(15(2)13-14)19(21)20-16(3)10-11-17-7-5-4-6-8-17/h4-9,12-13,16H,10-11H2,1-3H3,(H,20,21)/t16-/m1/s1. The van der Waals surface area contributed by atoms with Gasteiger partial charge in [-0.25, -0.2) is 0 Å². The Morgan fingerprint density at radius 1 is 1.10 bits per heavy atom. The lowest BCUT2D eigenvalue weighted by Crippen LogP contribution is -2.33. The van der Waals surface area contributed by atoms with Crippen molar-refractivity contribution in [1.29, 1.82) is 0 Å². The molecular weight excluding hydrogens is 258 g/mol. The van der Waals surface area contributed by atoms with Crippen LogP contribution < -0.4 is 5.32 Å². The summed E-state index contributed by atoms with van der Waals surface area (Å²) in [6.07, 6.45) is 1.93. The molecule has 1 amide bonds. The van der Waals surface area contributed by atoms with Gasteiger partial charge in [-0.05, 0) is 50.8 Å². The van der Waals surface area contributed by atoms with Crippen molar-refractivity contribution < 1.29 is 4.79 Å². The van der Waals surface area contributed by atoms with E-state index in [2.05, 4.69) is 24.4 Å². The van der Waals surface area contributed by atoms with Crippen LogP contribution in [0.1, 0.15) is 40.4 Å². The number of rotatable bonds is 5. The maximum absolute atomic E-state index is 12.3. The van der Waals surface area contributed by atoms with E-state index in [1.54, 1.807) is 0 Å². The van der Waals surface area contributed by atoms with Crippen LogP contribution in [0.15, 0.2) is 48.5 Å². The molecule has 0 aliphatic carbocycles. The highest BCUT2D eigenvalue weighted by atomic mass is 16.1. The highest BCUT2D eigenvalue weighted by Crippen LogP contribution is 2.11.